The number of ether oxygens (including phenoxy) is 1. The van der Waals surface area contributed by atoms with Crippen LogP contribution in [0, 0.1) is 0 Å². The quantitative estimate of drug-likeness (QED) is 0.439. The van der Waals surface area contributed by atoms with E-state index in [4.69, 9.17) is 4.74 Å². The van der Waals surface area contributed by atoms with E-state index in [9.17, 15) is 9.59 Å². The topological polar surface area (TPSA) is 90.2 Å². The Kier molecular flexibility index (Phi) is 5.95. The number of aryl methyl sites for hydroxylation is 1. The van der Waals surface area contributed by atoms with E-state index in [0.29, 0.717) is 36.6 Å². The van der Waals surface area contributed by atoms with E-state index in [1.807, 2.05) is 41.8 Å². The van der Waals surface area contributed by atoms with E-state index in [-0.39, 0.29) is 18.5 Å². The van der Waals surface area contributed by atoms with Crippen LogP contribution in [0.1, 0.15) is 28.9 Å². The molecule has 2 aromatic heterocycles. The van der Waals surface area contributed by atoms with Crippen LogP contribution in [-0.2, 0) is 16.1 Å². The van der Waals surface area contributed by atoms with Gasteiger partial charge in [-0.1, -0.05) is 36.4 Å². The number of hydrogen-bond acceptors (Lipinski definition) is 7. The van der Waals surface area contributed by atoms with Crippen LogP contribution < -0.4 is 0 Å². The molecular formula is C20H21N5O3S. The van der Waals surface area contributed by atoms with Gasteiger partial charge in [0.2, 0.25) is 5.82 Å². The zero-order valence-corrected chi connectivity index (χ0v) is 16.6. The number of likely N-dealkylation sites (tertiary alicyclic amines) is 1. The molecule has 1 unspecified atom stereocenters. The number of aromatic nitrogens is 4. The minimum absolute atomic E-state index is 0.0975. The molecule has 4 rings (SSSR count). The summed E-state index contributed by atoms with van der Waals surface area (Å²) in [5.74, 6) is 0.125. The first-order chi connectivity index (χ1) is 14.2. The number of rotatable bonds is 7. The molecule has 3 aromatic rings. The minimum atomic E-state index is -0.501. The van der Waals surface area contributed by atoms with Crippen LogP contribution in [0.2, 0.25) is 0 Å². The fourth-order valence-electron chi connectivity index (χ4n) is 3.31. The molecule has 1 saturated heterocycles. The maximum Gasteiger partial charge on any atom is 0.328 e. The Bertz CT molecular complexity index is 958. The Morgan fingerprint density at radius 3 is 2.83 bits per heavy atom. The van der Waals surface area contributed by atoms with Crippen molar-refractivity contribution in [1.29, 1.82) is 0 Å². The van der Waals surface area contributed by atoms with E-state index in [0.717, 1.165) is 12.0 Å². The van der Waals surface area contributed by atoms with Gasteiger partial charge in [0.25, 0.3) is 5.91 Å². The smallest absolute Gasteiger partial charge is 0.328 e. The van der Waals surface area contributed by atoms with E-state index in [1.165, 1.54) is 16.1 Å². The molecular weight excluding hydrogens is 390 g/mol. The third-order valence-corrected chi connectivity index (χ3v) is 5.61. The zero-order chi connectivity index (χ0) is 20.1. The summed E-state index contributed by atoms with van der Waals surface area (Å²) in [6, 6.07) is 12.7. The summed E-state index contributed by atoms with van der Waals surface area (Å²) in [5.41, 5.74) is 0.905. The van der Waals surface area contributed by atoms with Crippen molar-refractivity contribution in [1.82, 2.24) is 25.1 Å². The predicted octanol–water partition coefficient (Wildman–Crippen LogP) is 2.64. The number of hydrogen-bond donors (Lipinski definition) is 0. The number of carbonyl (C=O) groups excluding carboxylic acids is 2. The highest BCUT2D eigenvalue weighted by molar-refractivity contribution is 7.12. The van der Waals surface area contributed by atoms with E-state index in [1.54, 1.807) is 11.0 Å². The molecule has 1 fully saturated rings. The second kappa shape index (κ2) is 8.95. The molecule has 1 amide bonds. The third kappa shape index (κ3) is 4.51. The largest absolute Gasteiger partial charge is 0.464 e. The molecule has 1 aromatic carbocycles. The summed E-state index contributed by atoms with van der Waals surface area (Å²) >= 11 is 1.39. The van der Waals surface area contributed by atoms with Crippen molar-refractivity contribution in [3.63, 3.8) is 0 Å². The molecule has 0 saturated carbocycles. The second-order valence-corrected chi connectivity index (χ2v) is 7.68. The number of amides is 1. The second-order valence-electron chi connectivity index (χ2n) is 6.73. The Morgan fingerprint density at radius 1 is 1.17 bits per heavy atom. The molecule has 3 heterocycles. The molecule has 29 heavy (non-hydrogen) atoms. The van der Waals surface area contributed by atoms with Crippen LogP contribution in [0.4, 0.5) is 0 Å². The molecule has 0 aliphatic carbocycles. The highest BCUT2D eigenvalue weighted by Gasteiger charge is 2.35. The van der Waals surface area contributed by atoms with Gasteiger partial charge < -0.3 is 9.64 Å². The van der Waals surface area contributed by atoms with Crippen molar-refractivity contribution in [3.05, 3.63) is 52.7 Å². The maximum absolute atomic E-state index is 12.6. The first-order valence-corrected chi connectivity index (χ1v) is 10.4. The first kappa shape index (κ1) is 19.3. The minimum Gasteiger partial charge on any atom is -0.464 e. The van der Waals surface area contributed by atoms with Crippen LogP contribution in [0.3, 0.4) is 0 Å². The van der Waals surface area contributed by atoms with Gasteiger partial charge in [0.1, 0.15) is 6.04 Å². The molecule has 1 aliphatic heterocycles. The highest BCUT2D eigenvalue weighted by atomic mass is 32.1. The van der Waals surface area contributed by atoms with Crippen molar-refractivity contribution in [2.75, 3.05) is 13.2 Å². The average Bonchev–Trinajstić information content (AvgIpc) is 3.52. The van der Waals surface area contributed by atoms with Gasteiger partial charge in [-0.05, 0) is 29.5 Å². The number of esters is 1. The van der Waals surface area contributed by atoms with Gasteiger partial charge >= 0.3 is 5.97 Å². The average molecular weight is 411 g/mol. The van der Waals surface area contributed by atoms with Gasteiger partial charge in [-0.15, -0.1) is 21.5 Å². The predicted molar refractivity (Wildman–Crippen MR) is 107 cm³/mol. The van der Waals surface area contributed by atoms with Crippen molar-refractivity contribution in [2.45, 2.75) is 31.8 Å². The standard InChI is InChI=1S/C20H21N5O3S/c26-19(17-10-5-14-29-17)24-11-4-9-16(24)20(27)28-13-6-12-25-22-18(21-23-25)15-7-2-1-3-8-15/h1-3,5,7-8,10,14,16H,4,6,9,11-13H2. The van der Waals surface area contributed by atoms with E-state index >= 15 is 0 Å². The Labute approximate surface area is 172 Å². The van der Waals surface area contributed by atoms with Gasteiger partial charge in [0.15, 0.2) is 0 Å². The van der Waals surface area contributed by atoms with E-state index < -0.39 is 6.04 Å². The van der Waals surface area contributed by atoms with Crippen LogP contribution >= 0.6 is 11.3 Å². The number of thiophene rings is 1. The SMILES string of the molecule is O=C(OCCCn1nnc(-c2ccccc2)n1)C1CCCN1C(=O)c1cccs1. The molecule has 150 valence electrons. The van der Waals surface area contributed by atoms with Gasteiger partial charge in [0.05, 0.1) is 18.0 Å². The zero-order valence-electron chi connectivity index (χ0n) is 15.8. The van der Waals surface area contributed by atoms with Gasteiger partial charge in [0, 0.05) is 18.5 Å². The lowest BCUT2D eigenvalue weighted by atomic mass is 10.2. The molecule has 0 spiro atoms. The van der Waals surface area contributed by atoms with Crippen molar-refractivity contribution < 1.29 is 14.3 Å². The number of carbonyl (C=O) groups is 2. The molecule has 0 bridgehead atoms. The summed E-state index contributed by atoms with van der Waals surface area (Å²) in [5, 5.41) is 14.3. The summed E-state index contributed by atoms with van der Waals surface area (Å²) in [6.07, 6.45) is 2.02. The van der Waals surface area contributed by atoms with Crippen LogP contribution in [0.15, 0.2) is 47.8 Å². The summed E-state index contributed by atoms with van der Waals surface area (Å²) in [7, 11) is 0. The molecule has 0 N–H and O–H groups in total. The number of tetrazole rings is 1. The van der Waals surface area contributed by atoms with Crippen LogP contribution in [-0.4, -0.2) is 56.2 Å². The van der Waals surface area contributed by atoms with Crippen molar-refractivity contribution in [3.8, 4) is 11.4 Å². The summed E-state index contributed by atoms with van der Waals surface area (Å²) in [4.78, 5) is 28.8. The van der Waals surface area contributed by atoms with E-state index in [2.05, 4.69) is 15.4 Å². The molecule has 1 atom stereocenters. The van der Waals surface area contributed by atoms with Crippen molar-refractivity contribution >= 4 is 23.2 Å². The monoisotopic (exact) mass is 411 g/mol. The fraction of sp³-hybridized carbons (Fsp3) is 0.350. The lowest BCUT2D eigenvalue weighted by Crippen LogP contribution is -2.41. The number of nitrogens with zero attached hydrogens (tertiary/aromatic N) is 5. The molecule has 0 radical (unpaired) electrons. The number of benzene rings is 1. The first-order valence-electron chi connectivity index (χ1n) is 9.57. The Balaban J connectivity index is 1.25. The van der Waals surface area contributed by atoms with Gasteiger partial charge in [-0.25, -0.2) is 4.79 Å². The molecule has 9 heteroatoms. The van der Waals surface area contributed by atoms with Crippen molar-refractivity contribution in [2.24, 2.45) is 0 Å². The third-order valence-electron chi connectivity index (χ3n) is 4.75. The Hall–Kier alpha value is -3.07. The van der Waals surface area contributed by atoms with Gasteiger partial charge in [-0.2, -0.15) is 4.80 Å². The lowest BCUT2D eigenvalue weighted by molar-refractivity contribution is -0.148. The lowest BCUT2D eigenvalue weighted by Gasteiger charge is -2.22. The fourth-order valence-corrected chi connectivity index (χ4v) is 3.99. The summed E-state index contributed by atoms with van der Waals surface area (Å²) in [6.45, 7) is 1.33. The normalized spacial score (nSPS) is 16.1. The highest BCUT2D eigenvalue weighted by Crippen LogP contribution is 2.23. The van der Waals surface area contributed by atoms with Crippen LogP contribution in [0.5, 0.6) is 0 Å². The Morgan fingerprint density at radius 2 is 2.03 bits per heavy atom. The van der Waals surface area contributed by atoms with Gasteiger partial charge in [-0.3, -0.25) is 4.79 Å². The van der Waals surface area contributed by atoms with Crippen LogP contribution in [0.25, 0.3) is 11.4 Å². The maximum atomic E-state index is 12.6. The molecule has 1 aliphatic rings. The summed E-state index contributed by atoms with van der Waals surface area (Å²) < 4.78 is 5.42. The molecule has 8 nitrogen and oxygen atoms in total.